The number of carboxylic acid groups (broad SMARTS) is 1. The van der Waals surface area contributed by atoms with Gasteiger partial charge in [-0.2, -0.15) is 0 Å². The summed E-state index contributed by atoms with van der Waals surface area (Å²) in [4.78, 5) is 16.2. The Balaban J connectivity index is 2.21. The lowest BCUT2D eigenvalue weighted by Crippen LogP contribution is -2.53. The van der Waals surface area contributed by atoms with E-state index in [1.165, 1.54) is 0 Å². The normalized spacial score (nSPS) is 22.0. The molecule has 0 amide bonds. The molecule has 1 N–H and O–H groups in total. The molecule has 0 aliphatic carbocycles. The number of benzene rings is 1. The summed E-state index contributed by atoms with van der Waals surface area (Å²) in [6.07, 6.45) is 0. The third-order valence-electron chi connectivity index (χ3n) is 4.21. The highest BCUT2D eigenvalue weighted by Gasteiger charge is 2.32. The van der Waals surface area contributed by atoms with Gasteiger partial charge in [0, 0.05) is 25.7 Å². The molecule has 2 atom stereocenters. The summed E-state index contributed by atoms with van der Waals surface area (Å²) in [5, 5.41) is 9.66. The Hall–Kier alpha value is -1.59. The van der Waals surface area contributed by atoms with Crippen LogP contribution in [0, 0.1) is 0 Å². The smallest absolute Gasteiger partial charge is 0.325 e. The second kappa shape index (κ2) is 6.91. The van der Waals surface area contributed by atoms with Crippen molar-refractivity contribution in [2.24, 2.45) is 0 Å². The van der Waals surface area contributed by atoms with Crippen LogP contribution in [-0.4, -0.2) is 60.2 Å². The number of piperazine rings is 1. The van der Waals surface area contributed by atoms with Crippen molar-refractivity contribution < 1.29 is 14.6 Å². The van der Waals surface area contributed by atoms with Crippen LogP contribution >= 0.6 is 0 Å². The maximum absolute atomic E-state index is 11.8. The molecule has 1 aliphatic heterocycles. The van der Waals surface area contributed by atoms with E-state index < -0.39 is 12.0 Å². The van der Waals surface area contributed by atoms with Crippen LogP contribution in [0.5, 0.6) is 5.75 Å². The fraction of sp³-hybridized carbons (Fsp3) is 0.562. The standard InChI is InChI=1S/C16H24N2O3/c1-4-17-8-9-18(11-12(17)2)15(16(19)20)13-6-5-7-14(10-13)21-3/h5-7,10,12,15H,4,8-9,11H2,1-3H3,(H,19,20). The van der Waals surface area contributed by atoms with Crippen molar-refractivity contribution in [3.8, 4) is 5.75 Å². The molecule has 1 aromatic carbocycles. The molecule has 1 saturated heterocycles. The van der Waals surface area contributed by atoms with Crippen LogP contribution in [0.2, 0.25) is 0 Å². The monoisotopic (exact) mass is 292 g/mol. The molecule has 0 radical (unpaired) electrons. The van der Waals surface area contributed by atoms with Gasteiger partial charge in [0.2, 0.25) is 0 Å². The number of hydrogen-bond acceptors (Lipinski definition) is 4. The average molecular weight is 292 g/mol. The zero-order chi connectivity index (χ0) is 15.4. The van der Waals surface area contributed by atoms with Crippen molar-refractivity contribution in [1.29, 1.82) is 0 Å². The number of hydrogen-bond donors (Lipinski definition) is 1. The van der Waals surface area contributed by atoms with Crippen LogP contribution < -0.4 is 4.74 Å². The predicted octanol–water partition coefficient (Wildman–Crippen LogP) is 1.85. The van der Waals surface area contributed by atoms with Crippen molar-refractivity contribution in [2.45, 2.75) is 25.9 Å². The first-order chi connectivity index (χ1) is 10.1. The SMILES string of the molecule is CCN1CCN(C(C(=O)O)c2cccc(OC)c2)CC1C. The minimum absolute atomic E-state index is 0.371. The van der Waals surface area contributed by atoms with Gasteiger partial charge in [-0.25, -0.2) is 0 Å². The van der Waals surface area contributed by atoms with Crippen molar-refractivity contribution in [2.75, 3.05) is 33.3 Å². The maximum atomic E-state index is 11.8. The lowest BCUT2D eigenvalue weighted by atomic mass is 10.0. The van der Waals surface area contributed by atoms with Crippen LogP contribution in [-0.2, 0) is 4.79 Å². The van der Waals surface area contributed by atoms with E-state index in [-0.39, 0.29) is 0 Å². The number of aliphatic carboxylic acids is 1. The fourth-order valence-corrected chi connectivity index (χ4v) is 3.05. The fourth-order valence-electron chi connectivity index (χ4n) is 3.05. The largest absolute Gasteiger partial charge is 0.497 e. The molecule has 5 nitrogen and oxygen atoms in total. The second-order valence-corrected chi connectivity index (χ2v) is 5.49. The van der Waals surface area contributed by atoms with Gasteiger partial charge in [0.05, 0.1) is 7.11 Å². The van der Waals surface area contributed by atoms with Crippen molar-refractivity contribution >= 4 is 5.97 Å². The predicted molar refractivity (Wildman–Crippen MR) is 81.7 cm³/mol. The Labute approximate surface area is 126 Å². The van der Waals surface area contributed by atoms with Gasteiger partial charge in [-0.1, -0.05) is 19.1 Å². The summed E-state index contributed by atoms with van der Waals surface area (Å²) in [6.45, 7) is 7.74. The van der Waals surface area contributed by atoms with Crippen molar-refractivity contribution in [3.63, 3.8) is 0 Å². The van der Waals surface area contributed by atoms with Gasteiger partial charge in [0.25, 0.3) is 0 Å². The second-order valence-electron chi connectivity index (χ2n) is 5.49. The Morgan fingerprint density at radius 3 is 2.81 bits per heavy atom. The van der Waals surface area contributed by atoms with Gasteiger partial charge >= 0.3 is 5.97 Å². The first-order valence-corrected chi connectivity index (χ1v) is 7.41. The number of methoxy groups -OCH3 is 1. The van der Waals surface area contributed by atoms with Crippen LogP contribution in [0.3, 0.4) is 0 Å². The molecule has 0 bridgehead atoms. The van der Waals surface area contributed by atoms with E-state index in [2.05, 4.69) is 18.7 Å². The van der Waals surface area contributed by atoms with E-state index in [1.807, 2.05) is 29.2 Å². The van der Waals surface area contributed by atoms with Crippen LogP contribution in [0.25, 0.3) is 0 Å². The highest BCUT2D eigenvalue weighted by atomic mass is 16.5. The van der Waals surface area contributed by atoms with Crippen LogP contribution in [0.4, 0.5) is 0 Å². The molecule has 0 aromatic heterocycles. The summed E-state index contributed by atoms with van der Waals surface area (Å²) in [5.41, 5.74) is 0.777. The third-order valence-corrected chi connectivity index (χ3v) is 4.21. The molecule has 1 aliphatic rings. The molecule has 1 heterocycles. The number of likely N-dealkylation sites (N-methyl/N-ethyl adjacent to an activating group) is 1. The van der Waals surface area contributed by atoms with Gasteiger partial charge in [0.15, 0.2) is 0 Å². The summed E-state index contributed by atoms with van der Waals surface area (Å²) in [6, 6.07) is 7.11. The zero-order valence-electron chi connectivity index (χ0n) is 13.0. The zero-order valence-corrected chi connectivity index (χ0v) is 13.0. The summed E-state index contributed by atoms with van der Waals surface area (Å²) in [7, 11) is 1.59. The van der Waals surface area contributed by atoms with E-state index in [0.29, 0.717) is 11.8 Å². The van der Waals surface area contributed by atoms with E-state index >= 15 is 0 Å². The molecule has 0 spiro atoms. The minimum Gasteiger partial charge on any atom is -0.497 e. The summed E-state index contributed by atoms with van der Waals surface area (Å²) in [5.74, 6) is -0.112. The summed E-state index contributed by atoms with van der Waals surface area (Å²) < 4.78 is 5.21. The number of carbonyl (C=O) groups is 1. The summed E-state index contributed by atoms with van der Waals surface area (Å²) >= 11 is 0. The van der Waals surface area contributed by atoms with Crippen LogP contribution in [0.15, 0.2) is 24.3 Å². The Bertz CT molecular complexity index is 492. The molecule has 0 saturated carbocycles. The van der Waals surface area contributed by atoms with Crippen molar-refractivity contribution in [3.05, 3.63) is 29.8 Å². The van der Waals surface area contributed by atoms with Gasteiger partial charge in [-0.15, -0.1) is 0 Å². The van der Waals surface area contributed by atoms with E-state index in [1.54, 1.807) is 7.11 Å². The van der Waals surface area contributed by atoms with Crippen molar-refractivity contribution in [1.82, 2.24) is 9.80 Å². The maximum Gasteiger partial charge on any atom is 0.325 e. The highest BCUT2D eigenvalue weighted by Crippen LogP contribution is 2.27. The lowest BCUT2D eigenvalue weighted by molar-refractivity contribution is -0.144. The van der Waals surface area contributed by atoms with E-state index in [4.69, 9.17) is 4.74 Å². The quantitative estimate of drug-likeness (QED) is 0.897. The van der Waals surface area contributed by atoms with Gasteiger partial charge in [-0.3, -0.25) is 14.6 Å². The van der Waals surface area contributed by atoms with Gasteiger partial charge < -0.3 is 9.84 Å². The number of carboxylic acids is 1. The number of rotatable bonds is 5. The molecule has 5 heteroatoms. The van der Waals surface area contributed by atoms with E-state index in [9.17, 15) is 9.90 Å². The first kappa shape index (κ1) is 15.8. The van der Waals surface area contributed by atoms with Gasteiger partial charge in [-0.05, 0) is 31.2 Å². The molecule has 2 unspecified atom stereocenters. The highest BCUT2D eigenvalue weighted by molar-refractivity contribution is 5.75. The molecular formula is C16H24N2O3. The molecule has 1 aromatic rings. The van der Waals surface area contributed by atoms with E-state index in [0.717, 1.165) is 31.7 Å². The number of ether oxygens (including phenoxy) is 1. The Morgan fingerprint density at radius 1 is 1.48 bits per heavy atom. The third kappa shape index (κ3) is 3.54. The first-order valence-electron chi connectivity index (χ1n) is 7.41. The molecule has 2 rings (SSSR count). The Morgan fingerprint density at radius 2 is 2.24 bits per heavy atom. The number of nitrogens with zero attached hydrogens (tertiary/aromatic N) is 2. The average Bonchev–Trinajstić information content (AvgIpc) is 2.47. The topological polar surface area (TPSA) is 53.0 Å². The molecule has 1 fully saturated rings. The van der Waals surface area contributed by atoms with Gasteiger partial charge in [0.1, 0.15) is 11.8 Å². The van der Waals surface area contributed by atoms with Crippen LogP contribution in [0.1, 0.15) is 25.5 Å². The Kier molecular flexibility index (Phi) is 5.20. The lowest BCUT2D eigenvalue weighted by Gasteiger charge is -2.41. The molecule has 21 heavy (non-hydrogen) atoms. The molecular weight excluding hydrogens is 268 g/mol. The molecule has 116 valence electrons. The minimum atomic E-state index is -0.805.